The van der Waals surface area contributed by atoms with Crippen molar-refractivity contribution in [3.8, 4) is 0 Å². The van der Waals surface area contributed by atoms with Crippen LogP contribution in [-0.2, 0) is 13.6 Å². The third-order valence-electron chi connectivity index (χ3n) is 2.85. The third kappa shape index (κ3) is 1.75. The van der Waals surface area contributed by atoms with E-state index in [4.69, 9.17) is 0 Å². The Bertz CT molecular complexity index is 637. The first-order chi connectivity index (χ1) is 8.34. The quantitative estimate of drug-likeness (QED) is 0.718. The molecule has 3 aromatic rings. The molecule has 0 aliphatic rings. The van der Waals surface area contributed by atoms with E-state index in [0.717, 1.165) is 28.8 Å². The maximum Gasteiger partial charge on any atom is 0.0946 e. The fourth-order valence-corrected chi connectivity index (χ4v) is 1.86. The summed E-state index contributed by atoms with van der Waals surface area (Å²) in [4.78, 5) is 4.09. The Labute approximate surface area is 98.5 Å². The van der Waals surface area contributed by atoms with Gasteiger partial charge in [-0.25, -0.2) is 4.98 Å². The number of hydrogen-bond donors (Lipinski definition) is 2. The van der Waals surface area contributed by atoms with Gasteiger partial charge in [0, 0.05) is 18.6 Å². The van der Waals surface area contributed by atoms with Crippen molar-refractivity contribution in [2.24, 2.45) is 7.05 Å². The van der Waals surface area contributed by atoms with Crippen molar-refractivity contribution in [1.29, 1.82) is 0 Å². The maximum atomic E-state index is 4.09. The lowest BCUT2D eigenvalue weighted by atomic mass is 10.2. The molecule has 0 spiro atoms. The molecule has 0 aliphatic heterocycles. The first-order valence-electron chi connectivity index (χ1n) is 5.46. The van der Waals surface area contributed by atoms with Crippen molar-refractivity contribution in [3.63, 3.8) is 0 Å². The van der Waals surface area contributed by atoms with Crippen LogP contribution in [0, 0.1) is 0 Å². The summed E-state index contributed by atoms with van der Waals surface area (Å²) >= 11 is 0. The van der Waals surface area contributed by atoms with Crippen LogP contribution in [0.5, 0.6) is 0 Å². The van der Waals surface area contributed by atoms with E-state index in [1.165, 1.54) is 0 Å². The largest absolute Gasteiger partial charge is 0.378 e. The van der Waals surface area contributed by atoms with Crippen LogP contribution in [0.3, 0.4) is 0 Å². The van der Waals surface area contributed by atoms with Crippen LogP contribution < -0.4 is 5.32 Å². The molecular weight excluding hydrogens is 214 g/mol. The molecular formula is C12H13N5. The fraction of sp³-hybridized carbons (Fsp3) is 0.167. The normalized spacial score (nSPS) is 10.9. The highest BCUT2D eigenvalue weighted by atomic mass is 15.1. The van der Waals surface area contributed by atoms with Gasteiger partial charge in [-0.1, -0.05) is 12.1 Å². The molecule has 0 aliphatic carbocycles. The van der Waals surface area contributed by atoms with Crippen molar-refractivity contribution in [2.75, 3.05) is 5.32 Å². The van der Waals surface area contributed by atoms with Gasteiger partial charge in [-0.3, -0.25) is 5.10 Å². The minimum Gasteiger partial charge on any atom is -0.378 e. The van der Waals surface area contributed by atoms with E-state index in [2.05, 4.69) is 20.5 Å². The smallest absolute Gasteiger partial charge is 0.0946 e. The summed E-state index contributed by atoms with van der Waals surface area (Å²) in [5.74, 6) is 0. The molecule has 2 heterocycles. The van der Waals surface area contributed by atoms with Crippen LogP contribution in [0.2, 0.25) is 0 Å². The summed E-state index contributed by atoms with van der Waals surface area (Å²) in [6, 6.07) is 6.09. The summed E-state index contributed by atoms with van der Waals surface area (Å²) in [5, 5.41) is 11.5. The first-order valence-corrected chi connectivity index (χ1v) is 5.46. The van der Waals surface area contributed by atoms with Crippen molar-refractivity contribution >= 4 is 16.6 Å². The molecule has 1 aromatic carbocycles. The lowest BCUT2D eigenvalue weighted by molar-refractivity contribution is 0.838. The number of fused-ring (bicyclic) bond motifs is 1. The molecule has 0 radical (unpaired) electrons. The average molecular weight is 227 g/mol. The molecule has 86 valence electrons. The zero-order valence-electron chi connectivity index (χ0n) is 9.51. The monoisotopic (exact) mass is 227 g/mol. The van der Waals surface area contributed by atoms with E-state index in [9.17, 15) is 0 Å². The number of aryl methyl sites for hydroxylation is 1. The Morgan fingerprint density at radius 2 is 2.29 bits per heavy atom. The van der Waals surface area contributed by atoms with Crippen LogP contribution in [0.15, 0.2) is 36.9 Å². The Kier molecular flexibility index (Phi) is 2.29. The van der Waals surface area contributed by atoms with Gasteiger partial charge >= 0.3 is 0 Å². The van der Waals surface area contributed by atoms with Crippen LogP contribution in [0.25, 0.3) is 10.9 Å². The Morgan fingerprint density at radius 3 is 3.12 bits per heavy atom. The predicted octanol–water partition coefficient (Wildman–Crippen LogP) is 1.91. The van der Waals surface area contributed by atoms with E-state index < -0.39 is 0 Å². The average Bonchev–Trinajstić information content (AvgIpc) is 2.95. The van der Waals surface area contributed by atoms with Gasteiger partial charge < -0.3 is 9.88 Å². The van der Waals surface area contributed by atoms with Gasteiger partial charge in [-0.05, 0) is 6.07 Å². The van der Waals surface area contributed by atoms with Gasteiger partial charge in [-0.2, -0.15) is 5.10 Å². The summed E-state index contributed by atoms with van der Waals surface area (Å²) in [6.45, 7) is 0.745. The minimum atomic E-state index is 0.745. The second kappa shape index (κ2) is 3.93. The van der Waals surface area contributed by atoms with E-state index in [1.807, 2.05) is 42.2 Å². The molecule has 5 nitrogen and oxygen atoms in total. The zero-order chi connectivity index (χ0) is 11.7. The lowest BCUT2D eigenvalue weighted by Crippen LogP contribution is -2.04. The molecule has 5 heteroatoms. The van der Waals surface area contributed by atoms with Gasteiger partial charge in [0.15, 0.2) is 0 Å². The first kappa shape index (κ1) is 9.89. The second-order valence-corrected chi connectivity index (χ2v) is 3.99. The number of hydrogen-bond acceptors (Lipinski definition) is 3. The SMILES string of the molecule is Cn1cncc1CNc1cccc2cn[nH]c12. The molecule has 2 N–H and O–H groups in total. The number of imidazole rings is 1. The van der Waals surface area contributed by atoms with Crippen LogP contribution in [0.4, 0.5) is 5.69 Å². The van der Waals surface area contributed by atoms with Crippen molar-refractivity contribution < 1.29 is 0 Å². The topological polar surface area (TPSA) is 58.5 Å². The van der Waals surface area contributed by atoms with Crippen molar-refractivity contribution in [1.82, 2.24) is 19.7 Å². The zero-order valence-corrected chi connectivity index (χ0v) is 9.51. The maximum absolute atomic E-state index is 4.09. The van der Waals surface area contributed by atoms with Gasteiger partial charge in [-0.15, -0.1) is 0 Å². The predicted molar refractivity (Wildman–Crippen MR) is 66.6 cm³/mol. The number of rotatable bonds is 3. The number of aromatic amines is 1. The number of para-hydroxylation sites is 1. The second-order valence-electron chi connectivity index (χ2n) is 3.99. The highest BCUT2D eigenvalue weighted by Crippen LogP contribution is 2.20. The number of aromatic nitrogens is 4. The molecule has 3 rings (SSSR count). The summed E-state index contributed by atoms with van der Waals surface area (Å²) < 4.78 is 2.00. The highest BCUT2D eigenvalue weighted by molar-refractivity contribution is 5.89. The van der Waals surface area contributed by atoms with Crippen LogP contribution in [0.1, 0.15) is 5.69 Å². The Hall–Kier alpha value is -2.30. The molecule has 0 bridgehead atoms. The molecule has 0 saturated carbocycles. The number of anilines is 1. The van der Waals surface area contributed by atoms with E-state index in [1.54, 1.807) is 6.33 Å². The van der Waals surface area contributed by atoms with Gasteiger partial charge in [0.05, 0.1) is 36.0 Å². The third-order valence-corrected chi connectivity index (χ3v) is 2.85. The standard InChI is InChI=1S/C12H13N5/c1-17-8-13-6-10(17)7-14-11-4-2-3-9-5-15-16-12(9)11/h2-6,8,14H,7H2,1H3,(H,15,16). The molecule has 2 aromatic heterocycles. The summed E-state index contributed by atoms with van der Waals surface area (Å²) in [5.41, 5.74) is 3.23. The van der Waals surface area contributed by atoms with Crippen LogP contribution >= 0.6 is 0 Å². The van der Waals surface area contributed by atoms with Crippen molar-refractivity contribution in [2.45, 2.75) is 6.54 Å². The molecule has 0 atom stereocenters. The van der Waals surface area contributed by atoms with Crippen LogP contribution in [-0.4, -0.2) is 19.7 Å². The number of H-pyrrole nitrogens is 1. The number of nitrogens with one attached hydrogen (secondary N) is 2. The number of benzene rings is 1. The number of nitrogens with zero attached hydrogens (tertiary/aromatic N) is 3. The summed E-state index contributed by atoms with van der Waals surface area (Å²) in [6.07, 6.45) is 5.48. The Morgan fingerprint density at radius 1 is 1.35 bits per heavy atom. The van der Waals surface area contributed by atoms with Gasteiger partial charge in [0.25, 0.3) is 0 Å². The van der Waals surface area contributed by atoms with E-state index >= 15 is 0 Å². The lowest BCUT2D eigenvalue weighted by Gasteiger charge is -2.07. The fourth-order valence-electron chi connectivity index (χ4n) is 1.86. The highest BCUT2D eigenvalue weighted by Gasteiger charge is 2.03. The molecule has 0 fully saturated rings. The molecule has 0 amide bonds. The van der Waals surface area contributed by atoms with E-state index in [-0.39, 0.29) is 0 Å². The molecule has 0 unspecified atom stereocenters. The minimum absolute atomic E-state index is 0.745. The van der Waals surface area contributed by atoms with Gasteiger partial charge in [0.2, 0.25) is 0 Å². The van der Waals surface area contributed by atoms with Gasteiger partial charge in [0.1, 0.15) is 0 Å². The summed E-state index contributed by atoms with van der Waals surface area (Å²) in [7, 11) is 1.99. The van der Waals surface area contributed by atoms with E-state index in [0.29, 0.717) is 0 Å². The van der Waals surface area contributed by atoms with Crippen molar-refractivity contribution in [3.05, 3.63) is 42.6 Å². The Balaban J connectivity index is 1.86. The molecule has 17 heavy (non-hydrogen) atoms. The molecule has 0 saturated heterocycles.